The summed E-state index contributed by atoms with van der Waals surface area (Å²) < 4.78 is 4.77. The number of allylic oxidation sites excluding steroid dienone is 2. The highest BCUT2D eigenvalue weighted by Gasteiger charge is 2.35. The lowest BCUT2D eigenvalue weighted by Gasteiger charge is -2.33. The molecule has 0 saturated carbocycles. The number of pyridine rings is 1. The zero-order valence-corrected chi connectivity index (χ0v) is 15.0. The minimum absolute atomic E-state index is 0.0816. The van der Waals surface area contributed by atoms with E-state index in [1.54, 1.807) is 18.3 Å². The second-order valence-corrected chi connectivity index (χ2v) is 7.69. The fraction of sp³-hybridized carbons (Fsp3) is 0.471. The van der Waals surface area contributed by atoms with E-state index < -0.39 is 10.8 Å². The van der Waals surface area contributed by atoms with Crippen molar-refractivity contribution in [2.75, 3.05) is 12.9 Å². The number of aromatic nitrogens is 1. The first kappa shape index (κ1) is 18.0. The summed E-state index contributed by atoms with van der Waals surface area (Å²) in [5, 5.41) is 0.597. The minimum atomic E-state index is -0.553. The van der Waals surface area contributed by atoms with Gasteiger partial charge in [0, 0.05) is 18.4 Å². The number of Topliss-reactive ketones (excluding diaryl/α,β-unsaturated/α-hetero) is 1. The Kier molecular flexibility index (Phi) is 5.87. The van der Waals surface area contributed by atoms with Gasteiger partial charge in [-0.25, -0.2) is 9.78 Å². The van der Waals surface area contributed by atoms with Crippen LogP contribution in [0.3, 0.4) is 0 Å². The number of methoxy groups -OCH3 is 1. The van der Waals surface area contributed by atoms with E-state index in [0.29, 0.717) is 22.8 Å². The van der Waals surface area contributed by atoms with Crippen molar-refractivity contribution < 1.29 is 14.3 Å². The molecule has 0 spiro atoms. The van der Waals surface area contributed by atoms with Gasteiger partial charge in [-0.3, -0.25) is 4.79 Å². The number of carbonyl (C=O) groups is 2. The lowest BCUT2D eigenvalue weighted by molar-refractivity contribution is -0.117. The number of alkyl halides is 1. The number of ketones is 1. The standard InChI is InChI=1S/C17H20ClNO3S/c1-11-6-7-12(9-14(11)20)17(2,18)10-23-15-13(16(21)22-3)5-4-8-19-15/h4-6,8,12H,7,9-10H2,1-3H3. The molecule has 1 aromatic heterocycles. The molecule has 0 N–H and O–H groups in total. The lowest BCUT2D eigenvalue weighted by atomic mass is 9.81. The number of esters is 1. The average Bonchev–Trinajstić information content (AvgIpc) is 2.55. The predicted octanol–water partition coefficient (Wildman–Crippen LogP) is 3.88. The van der Waals surface area contributed by atoms with E-state index in [4.69, 9.17) is 16.3 Å². The summed E-state index contributed by atoms with van der Waals surface area (Å²) >= 11 is 8.11. The van der Waals surface area contributed by atoms with Crippen molar-refractivity contribution in [1.82, 2.24) is 4.98 Å². The second-order valence-electron chi connectivity index (χ2n) is 5.86. The van der Waals surface area contributed by atoms with Crippen molar-refractivity contribution in [2.45, 2.75) is 36.6 Å². The number of hydrogen-bond acceptors (Lipinski definition) is 5. The number of halogens is 1. The highest BCUT2D eigenvalue weighted by atomic mass is 35.5. The smallest absolute Gasteiger partial charge is 0.340 e. The highest BCUT2D eigenvalue weighted by molar-refractivity contribution is 7.99. The van der Waals surface area contributed by atoms with Crippen LogP contribution in [-0.2, 0) is 9.53 Å². The number of rotatable bonds is 5. The van der Waals surface area contributed by atoms with Gasteiger partial charge in [0.2, 0.25) is 0 Å². The van der Waals surface area contributed by atoms with Crippen LogP contribution in [0.15, 0.2) is 35.0 Å². The van der Waals surface area contributed by atoms with Crippen molar-refractivity contribution in [3.8, 4) is 0 Å². The molecule has 0 radical (unpaired) electrons. The molecule has 2 unspecified atom stereocenters. The molecule has 0 bridgehead atoms. The van der Waals surface area contributed by atoms with Crippen molar-refractivity contribution >= 4 is 35.1 Å². The number of carbonyl (C=O) groups excluding carboxylic acids is 2. The highest BCUT2D eigenvalue weighted by Crippen LogP contribution is 2.39. The lowest BCUT2D eigenvalue weighted by Crippen LogP contribution is -2.34. The Morgan fingerprint density at radius 2 is 2.30 bits per heavy atom. The minimum Gasteiger partial charge on any atom is -0.465 e. The molecule has 1 heterocycles. The molecule has 1 aromatic rings. The summed E-state index contributed by atoms with van der Waals surface area (Å²) in [6.07, 6.45) is 4.86. The normalized spacial score (nSPS) is 20.6. The molecule has 2 atom stereocenters. The molecule has 0 amide bonds. The van der Waals surface area contributed by atoms with Gasteiger partial charge in [0.05, 0.1) is 17.5 Å². The van der Waals surface area contributed by atoms with Crippen LogP contribution in [0.5, 0.6) is 0 Å². The fourth-order valence-electron chi connectivity index (χ4n) is 2.46. The summed E-state index contributed by atoms with van der Waals surface area (Å²) in [5.41, 5.74) is 1.25. The number of nitrogens with zero attached hydrogens (tertiary/aromatic N) is 1. The van der Waals surface area contributed by atoms with Gasteiger partial charge in [-0.15, -0.1) is 23.4 Å². The molecule has 1 aliphatic rings. The van der Waals surface area contributed by atoms with Crippen LogP contribution in [0.1, 0.15) is 37.0 Å². The maximum atomic E-state index is 11.9. The van der Waals surface area contributed by atoms with E-state index in [1.165, 1.54) is 18.9 Å². The Balaban J connectivity index is 2.08. The molecular weight excluding hydrogens is 334 g/mol. The molecule has 124 valence electrons. The maximum absolute atomic E-state index is 11.9. The van der Waals surface area contributed by atoms with E-state index >= 15 is 0 Å². The van der Waals surface area contributed by atoms with Crippen LogP contribution in [-0.4, -0.2) is 34.5 Å². The Labute approximate surface area is 145 Å². The Morgan fingerprint density at radius 1 is 1.57 bits per heavy atom. The molecule has 0 aliphatic heterocycles. The fourth-order valence-corrected chi connectivity index (χ4v) is 3.88. The predicted molar refractivity (Wildman–Crippen MR) is 92.0 cm³/mol. The summed E-state index contributed by atoms with van der Waals surface area (Å²) in [5.74, 6) is 0.382. The first-order chi connectivity index (χ1) is 10.8. The molecule has 6 heteroatoms. The van der Waals surface area contributed by atoms with Gasteiger partial charge >= 0.3 is 5.97 Å². The Bertz CT molecular complexity index is 642. The first-order valence-corrected chi connectivity index (χ1v) is 8.76. The molecular formula is C17H20ClNO3S. The number of ether oxygens (including phenoxy) is 1. The molecule has 0 saturated heterocycles. The van der Waals surface area contributed by atoms with E-state index in [9.17, 15) is 9.59 Å². The van der Waals surface area contributed by atoms with Gasteiger partial charge in [0.25, 0.3) is 0 Å². The van der Waals surface area contributed by atoms with Crippen LogP contribution in [0, 0.1) is 5.92 Å². The quantitative estimate of drug-likeness (QED) is 0.456. The summed E-state index contributed by atoms with van der Waals surface area (Å²) in [6, 6.07) is 3.38. The zero-order valence-electron chi connectivity index (χ0n) is 13.5. The van der Waals surface area contributed by atoms with Gasteiger partial charge in [0.15, 0.2) is 5.78 Å². The van der Waals surface area contributed by atoms with E-state index in [-0.39, 0.29) is 11.7 Å². The maximum Gasteiger partial charge on any atom is 0.340 e. The van der Waals surface area contributed by atoms with E-state index in [0.717, 1.165) is 12.0 Å². The third-order valence-electron chi connectivity index (χ3n) is 4.10. The molecule has 4 nitrogen and oxygen atoms in total. The van der Waals surface area contributed by atoms with E-state index in [1.807, 2.05) is 19.9 Å². The second kappa shape index (κ2) is 7.49. The number of hydrogen-bond donors (Lipinski definition) is 0. The third kappa shape index (κ3) is 4.36. The van der Waals surface area contributed by atoms with Gasteiger partial charge in [-0.05, 0) is 43.9 Å². The summed E-state index contributed by atoms with van der Waals surface area (Å²) in [7, 11) is 1.34. The first-order valence-electron chi connectivity index (χ1n) is 7.40. The molecule has 1 aliphatic carbocycles. The van der Waals surface area contributed by atoms with Crippen molar-refractivity contribution in [3.05, 3.63) is 35.5 Å². The van der Waals surface area contributed by atoms with Gasteiger partial charge in [-0.2, -0.15) is 0 Å². The molecule has 23 heavy (non-hydrogen) atoms. The van der Waals surface area contributed by atoms with Crippen molar-refractivity contribution in [1.29, 1.82) is 0 Å². The summed E-state index contributed by atoms with van der Waals surface area (Å²) in [4.78, 5) is 27.4. The summed E-state index contributed by atoms with van der Waals surface area (Å²) in [6.45, 7) is 3.78. The third-order valence-corrected chi connectivity index (χ3v) is 6.04. The SMILES string of the molecule is COC(=O)c1cccnc1SCC(C)(Cl)C1CC=C(C)C(=O)C1. The van der Waals surface area contributed by atoms with Crippen LogP contribution < -0.4 is 0 Å². The van der Waals surface area contributed by atoms with Gasteiger partial charge < -0.3 is 4.74 Å². The van der Waals surface area contributed by atoms with Crippen LogP contribution in [0.2, 0.25) is 0 Å². The van der Waals surface area contributed by atoms with Crippen LogP contribution in [0.4, 0.5) is 0 Å². The molecule has 0 aromatic carbocycles. The monoisotopic (exact) mass is 353 g/mol. The molecule has 2 rings (SSSR count). The zero-order chi connectivity index (χ0) is 17.0. The number of thioether (sulfide) groups is 1. The van der Waals surface area contributed by atoms with Gasteiger partial charge in [-0.1, -0.05) is 6.08 Å². The van der Waals surface area contributed by atoms with Crippen molar-refractivity contribution in [3.63, 3.8) is 0 Å². The topological polar surface area (TPSA) is 56.3 Å². The average molecular weight is 354 g/mol. The largest absolute Gasteiger partial charge is 0.465 e. The molecule has 0 fully saturated rings. The Morgan fingerprint density at radius 3 is 2.96 bits per heavy atom. The Hall–Kier alpha value is -1.33. The van der Waals surface area contributed by atoms with Crippen LogP contribution >= 0.6 is 23.4 Å². The van der Waals surface area contributed by atoms with Crippen LogP contribution in [0.25, 0.3) is 0 Å². The van der Waals surface area contributed by atoms with Crippen molar-refractivity contribution in [2.24, 2.45) is 5.92 Å². The van der Waals surface area contributed by atoms with Gasteiger partial charge in [0.1, 0.15) is 5.03 Å². The van der Waals surface area contributed by atoms with E-state index in [2.05, 4.69) is 4.98 Å².